The fourth-order valence-corrected chi connectivity index (χ4v) is 19.8. The number of benzene rings is 13. The monoisotopic (exact) mass is 1640 g/mol. The fraction of sp³-hybridized carbons (Fsp3) is 0.0804. The van der Waals surface area contributed by atoms with Gasteiger partial charge in [0.15, 0.2) is 17.5 Å². The van der Waals surface area contributed by atoms with E-state index in [4.69, 9.17) is 15.0 Å². The van der Waals surface area contributed by atoms with Gasteiger partial charge in [-0.05, 0) is 285 Å². The van der Waals surface area contributed by atoms with Crippen molar-refractivity contribution >= 4 is 117 Å². The van der Waals surface area contributed by atoms with Gasteiger partial charge in [-0.25, -0.2) is 23.1 Å². The van der Waals surface area contributed by atoms with Crippen LogP contribution in [0.15, 0.2) is 389 Å². The number of para-hydroxylation sites is 3. The molecule has 21 aromatic rings. The van der Waals surface area contributed by atoms with E-state index in [1.165, 1.54) is 89.1 Å². The molecule has 14 heteroatoms. The number of fused-ring (bicyclic) bond motifs is 18. The average molecular weight is 1640 g/mol. The van der Waals surface area contributed by atoms with Crippen molar-refractivity contribution in [3.05, 3.63) is 440 Å². The quantitative estimate of drug-likeness (QED) is 0.112. The van der Waals surface area contributed by atoms with E-state index in [0.29, 0.717) is 11.4 Å². The van der Waals surface area contributed by atoms with Gasteiger partial charge >= 0.3 is 0 Å². The molecule has 0 N–H and O–H groups in total. The van der Waals surface area contributed by atoms with Gasteiger partial charge < -0.3 is 23.5 Å². The summed E-state index contributed by atoms with van der Waals surface area (Å²) in [6.07, 6.45) is 9.22. The van der Waals surface area contributed by atoms with Gasteiger partial charge in [-0.2, -0.15) is 0 Å². The first-order valence-corrected chi connectivity index (χ1v) is 42.5. The van der Waals surface area contributed by atoms with E-state index in [-0.39, 0.29) is 21.9 Å². The molecule has 24 rings (SSSR count). The van der Waals surface area contributed by atoms with E-state index >= 15 is 4.39 Å². The highest BCUT2D eigenvalue weighted by Gasteiger charge is 2.40. The summed E-state index contributed by atoms with van der Waals surface area (Å²) in [6.45, 7) is 13.8. The van der Waals surface area contributed by atoms with Crippen molar-refractivity contribution in [2.75, 3.05) is 14.7 Å². The zero-order valence-corrected chi connectivity index (χ0v) is 70.0. The number of anilines is 9. The molecule has 0 saturated carbocycles. The van der Waals surface area contributed by atoms with Crippen molar-refractivity contribution in [1.29, 1.82) is 0 Å². The smallest absolute Gasteiger partial charge is 0.196 e. The Labute approximate surface area is 727 Å². The van der Waals surface area contributed by atoms with Crippen molar-refractivity contribution in [2.45, 2.75) is 57.8 Å². The third-order valence-electron chi connectivity index (χ3n) is 25.8. The van der Waals surface area contributed by atoms with Crippen molar-refractivity contribution in [3.8, 4) is 50.4 Å². The first-order chi connectivity index (χ1) is 61.6. The van der Waals surface area contributed by atoms with Crippen LogP contribution in [0, 0.1) is 17.5 Å². The maximum absolute atomic E-state index is 15.1. The summed E-state index contributed by atoms with van der Waals surface area (Å²) >= 11 is 0. The van der Waals surface area contributed by atoms with Crippen LogP contribution in [0.5, 0.6) is 0 Å². The van der Waals surface area contributed by atoms with E-state index in [2.05, 4.69) is 312 Å². The second kappa shape index (κ2) is 30.1. The molecule has 0 amide bonds. The second-order valence-corrected chi connectivity index (χ2v) is 34.0. The zero-order chi connectivity index (χ0) is 85.3. The lowest BCUT2D eigenvalue weighted by Gasteiger charge is -2.26. The maximum atomic E-state index is 15.1. The summed E-state index contributed by atoms with van der Waals surface area (Å²) in [6, 6.07) is 122. The lowest BCUT2D eigenvalue weighted by molar-refractivity contribution is 0.448. The van der Waals surface area contributed by atoms with Crippen LogP contribution in [0.2, 0.25) is 0 Å². The fourth-order valence-electron chi connectivity index (χ4n) is 19.8. The normalized spacial score (nSPS) is 13.3. The minimum absolute atomic E-state index is 0.0523. The highest BCUT2D eigenvalue weighted by molar-refractivity contribution is 6.12. The predicted octanol–water partition coefficient (Wildman–Crippen LogP) is 29.1. The average Bonchev–Trinajstić information content (AvgIpc) is 1.56. The van der Waals surface area contributed by atoms with E-state index in [1.807, 2.05) is 128 Å². The van der Waals surface area contributed by atoms with Gasteiger partial charge in [0, 0.05) is 115 Å². The Kier molecular flexibility index (Phi) is 18.2. The number of aromatic nitrogens is 8. The van der Waals surface area contributed by atoms with Crippen molar-refractivity contribution in [3.63, 3.8) is 0 Å². The molecule has 126 heavy (non-hydrogen) atoms. The zero-order valence-electron chi connectivity index (χ0n) is 70.0. The second-order valence-electron chi connectivity index (χ2n) is 34.0. The van der Waals surface area contributed by atoms with Gasteiger partial charge in [0.2, 0.25) is 0 Å². The molecule has 3 aliphatic rings. The largest absolute Gasteiger partial charge is 0.311 e. The van der Waals surface area contributed by atoms with Crippen molar-refractivity contribution in [1.82, 2.24) is 38.6 Å². The first-order valence-electron chi connectivity index (χ1n) is 42.5. The number of hydrogen-bond acceptors (Lipinski definition) is 8. The highest BCUT2D eigenvalue weighted by Crippen LogP contribution is 2.55. The Morgan fingerprint density at radius 2 is 0.532 bits per heavy atom. The maximum Gasteiger partial charge on any atom is 0.196 e. The summed E-state index contributed by atoms with van der Waals surface area (Å²) in [5.41, 5.74) is 33.6. The van der Waals surface area contributed by atoms with Gasteiger partial charge in [-0.1, -0.05) is 181 Å². The molecule has 0 radical (unpaired) electrons. The molecule has 0 saturated heterocycles. The van der Waals surface area contributed by atoms with Crippen LogP contribution in [0.4, 0.5) is 64.6 Å². The molecule has 606 valence electrons. The van der Waals surface area contributed by atoms with Crippen LogP contribution in [-0.4, -0.2) is 38.6 Å². The molecule has 3 aliphatic carbocycles. The summed E-state index contributed by atoms with van der Waals surface area (Å²) in [5.74, 6) is -2.35. The van der Waals surface area contributed by atoms with Gasteiger partial charge in [0.25, 0.3) is 0 Å². The highest BCUT2D eigenvalue weighted by atomic mass is 19.2. The van der Waals surface area contributed by atoms with Gasteiger partial charge in [0.05, 0.1) is 55.3 Å². The lowest BCUT2D eigenvalue weighted by atomic mass is 9.82. The molecule has 0 fully saturated rings. The lowest BCUT2D eigenvalue weighted by Crippen LogP contribution is -2.14. The van der Waals surface area contributed by atoms with Crippen LogP contribution >= 0.6 is 0 Å². The Balaban J connectivity index is 0.000000112. The molecule has 0 atom stereocenters. The summed E-state index contributed by atoms with van der Waals surface area (Å²) < 4.78 is 50.3. The van der Waals surface area contributed by atoms with Crippen LogP contribution in [0.25, 0.3) is 116 Å². The van der Waals surface area contributed by atoms with E-state index in [1.54, 1.807) is 17.0 Å². The minimum atomic E-state index is -1.50. The Morgan fingerprint density at radius 1 is 0.230 bits per heavy atom. The van der Waals surface area contributed by atoms with E-state index in [0.717, 1.165) is 107 Å². The molecule has 11 nitrogen and oxygen atoms in total. The Bertz CT molecular complexity index is 7440. The van der Waals surface area contributed by atoms with Gasteiger partial charge in [-0.15, -0.1) is 0 Å². The third kappa shape index (κ3) is 12.4. The molecular weight excluding hydrogens is 1560 g/mol. The van der Waals surface area contributed by atoms with E-state index in [9.17, 15) is 8.78 Å². The van der Waals surface area contributed by atoms with Gasteiger partial charge in [0.1, 0.15) is 11.6 Å². The standard InChI is InChI=1S/C38H26F3N3.C38H29N3.C36H27N5/c1-38(2)29-12-7-6-11-26(29)27-22-34-28(21-30(27)38)37-33(13-8-20-42-37)44(34)25-16-14-24(15-17-25)43(23-9-4-3-5-10-23)32-19-18-31(39)35(40)36(32)41;1-38(2)33-17-10-9-16-30(33)31-25-36-32(24-34(31)38)37-35(18-11-23-39-37)41(36)29-21-19-28(20-22-29)40(26-12-5-3-6-13-26)27-14-7-4-8-15-27;1-36(2)29-11-4-3-10-26(29)27-23-32-28(22-30(27)36)35-31(12-9-21-39-35)40(32)24-15-17-25(18-16-24)41(33-13-5-7-19-37-33)34-14-6-8-20-38-34/h3-22H,1-2H3;3-25H,1-2H3;3-23H,1-2H3. The Morgan fingerprint density at radius 3 is 0.881 bits per heavy atom. The van der Waals surface area contributed by atoms with Crippen molar-refractivity contribution in [2.24, 2.45) is 0 Å². The molecule has 0 aliphatic heterocycles. The Hall–Kier alpha value is -15.8. The SMILES string of the molecule is CC1(C)c2ccccc2-c2cc3c(cc21)c1ncccc1n3-c1ccc(N(c2ccccc2)c2ccc(F)c(F)c2F)cc1.CC1(C)c2ccccc2-c2cc3c(cc21)c1ncccc1n3-c1ccc(N(c2ccccc2)c2ccccc2)cc1.CC1(C)c2ccccc2-c2cc3c(cc21)c1ncccc1n3-c1ccc(N(c2ccccn2)c2ccccn2)cc1. The number of pyridine rings is 5. The van der Waals surface area contributed by atoms with Crippen LogP contribution < -0.4 is 14.7 Å². The molecule has 8 heterocycles. The van der Waals surface area contributed by atoms with Crippen molar-refractivity contribution < 1.29 is 13.2 Å². The number of halogens is 3. The summed E-state index contributed by atoms with van der Waals surface area (Å²) in [5, 5.41) is 3.44. The number of rotatable bonds is 12. The number of hydrogen-bond donors (Lipinski definition) is 0. The number of nitrogens with zero attached hydrogens (tertiary/aromatic N) is 11. The summed E-state index contributed by atoms with van der Waals surface area (Å²) in [4.78, 5) is 29.7. The molecule has 13 aromatic carbocycles. The van der Waals surface area contributed by atoms with Crippen LogP contribution in [0.1, 0.15) is 74.9 Å². The summed E-state index contributed by atoms with van der Waals surface area (Å²) in [7, 11) is 0. The molecular formula is C112H82F3N11. The predicted molar refractivity (Wildman–Crippen MR) is 508 cm³/mol. The minimum Gasteiger partial charge on any atom is -0.311 e. The van der Waals surface area contributed by atoms with Crippen LogP contribution in [0.3, 0.4) is 0 Å². The first kappa shape index (κ1) is 76.3. The molecule has 0 unspecified atom stereocenters. The van der Waals surface area contributed by atoms with E-state index < -0.39 is 17.5 Å². The third-order valence-corrected chi connectivity index (χ3v) is 25.8. The molecule has 0 bridgehead atoms. The topological polar surface area (TPSA) is 89.0 Å². The molecule has 8 aromatic heterocycles. The molecule has 0 spiro atoms. The van der Waals surface area contributed by atoms with Crippen LogP contribution in [-0.2, 0) is 16.2 Å². The van der Waals surface area contributed by atoms with Gasteiger partial charge in [-0.3, -0.25) is 19.9 Å².